The van der Waals surface area contributed by atoms with Gasteiger partial charge in [-0.05, 0) is 61.4 Å². The molecule has 2 rings (SSSR count). The van der Waals surface area contributed by atoms with Crippen molar-refractivity contribution in [3.63, 3.8) is 0 Å². The fraction of sp³-hybridized carbons (Fsp3) is 0.417. The van der Waals surface area contributed by atoms with Gasteiger partial charge in [-0.1, -0.05) is 39.5 Å². The predicted molar refractivity (Wildman–Crippen MR) is 118 cm³/mol. The number of carbonyl (C=O) groups excluding carboxylic acids is 2. The average molecular weight is 413 g/mol. The number of hydrogen-bond acceptors (Lipinski definition) is 4. The third kappa shape index (κ3) is 8.15. The van der Waals surface area contributed by atoms with Gasteiger partial charge in [0.2, 0.25) is 0 Å². The summed E-state index contributed by atoms with van der Waals surface area (Å²) in [5.41, 5.74) is 5.73. The predicted octanol–water partition coefficient (Wildman–Crippen LogP) is 4.90. The van der Waals surface area contributed by atoms with Crippen LogP contribution < -0.4 is 20.3 Å². The summed E-state index contributed by atoms with van der Waals surface area (Å²) in [5.74, 6) is 0.665. The summed E-state index contributed by atoms with van der Waals surface area (Å²) in [4.78, 5) is 24.5. The molecular formula is C24H32N2O4. The molecule has 2 aromatic carbocycles. The van der Waals surface area contributed by atoms with Crippen molar-refractivity contribution in [3.05, 3.63) is 59.7 Å². The molecule has 2 aromatic rings. The van der Waals surface area contributed by atoms with Gasteiger partial charge in [-0.3, -0.25) is 20.4 Å². The minimum Gasteiger partial charge on any atom is -0.494 e. The lowest BCUT2D eigenvalue weighted by Crippen LogP contribution is -2.41. The maximum absolute atomic E-state index is 12.2. The van der Waals surface area contributed by atoms with E-state index >= 15 is 0 Å². The zero-order valence-corrected chi connectivity index (χ0v) is 17.9. The Balaban J connectivity index is 1.75. The summed E-state index contributed by atoms with van der Waals surface area (Å²) in [6.07, 6.45) is 6.64. The number of unbranched alkanes of at least 4 members (excludes halogenated alkanes) is 4. The Kier molecular flexibility index (Phi) is 10.3. The molecule has 2 amide bonds. The second-order valence-electron chi connectivity index (χ2n) is 7.07. The van der Waals surface area contributed by atoms with Gasteiger partial charge in [0.15, 0.2) is 0 Å². The van der Waals surface area contributed by atoms with E-state index in [-0.39, 0.29) is 0 Å². The number of hydrogen-bond donors (Lipinski definition) is 2. The zero-order chi connectivity index (χ0) is 21.6. The van der Waals surface area contributed by atoms with Crippen molar-refractivity contribution in [2.75, 3.05) is 13.2 Å². The Hall–Kier alpha value is -3.02. The molecule has 0 heterocycles. The second-order valence-corrected chi connectivity index (χ2v) is 7.07. The zero-order valence-electron chi connectivity index (χ0n) is 17.9. The lowest BCUT2D eigenvalue weighted by molar-refractivity contribution is 0.0846. The first-order valence-electron chi connectivity index (χ1n) is 10.7. The highest BCUT2D eigenvalue weighted by Gasteiger charge is 2.09. The van der Waals surface area contributed by atoms with Crippen LogP contribution in [0, 0.1) is 0 Å². The topological polar surface area (TPSA) is 76.7 Å². The van der Waals surface area contributed by atoms with E-state index in [9.17, 15) is 9.59 Å². The van der Waals surface area contributed by atoms with Crippen molar-refractivity contribution in [1.29, 1.82) is 0 Å². The number of rotatable bonds is 12. The van der Waals surface area contributed by atoms with Gasteiger partial charge in [-0.15, -0.1) is 0 Å². The van der Waals surface area contributed by atoms with E-state index in [0.717, 1.165) is 37.2 Å². The SMILES string of the molecule is CCCCCCOc1ccc(C(=O)NNC(=O)c2ccc(OCCCC)cc2)cc1. The minimum absolute atomic E-state index is 0.391. The lowest BCUT2D eigenvalue weighted by Gasteiger charge is -2.10. The summed E-state index contributed by atoms with van der Waals surface area (Å²) in [5, 5.41) is 0. The summed E-state index contributed by atoms with van der Waals surface area (Å²) in [7, 11) is 0. The van der Waals surface area contributed by atoms with Crippen molar-refractivity contribution in [1.82, 2.24) is 10.9 Å². The minimum atomic E-state index is -0.393. The molecule has 162 valence electrons. The van der Waals surface area contributed by atoms with Gasteiger partial charge in [-0.25, -0.2) is 0 Å². The Morgan fingerprint density at radius 3 is 1.50 bits per heavy atom. The van der Waals surface area contributed by atoms with Gasteiger partial charge in [0.1, 0.15) is 11.5 Å². The molecule has 0 aliphatic rings. The number of ether oxygens (including phenoxy) is 2. The first-order valence-corrected chi connectivity index (χ1v) is 10.7. The first-order chi connectivity index (χ1) is 14.6. The Labute approximate surface area is 178 Å². The number of hydrazine groups is 1. The van der Waals surface area contributed by atoms with E-state index in [4.69, 9.17) is 9.47 Å². The molecule has 0 saturated heterocycles. The number of benzene rings is 2. The molecule has 0 aliphatic heterocycles. The number of nitrogens with one attached hydrogen (secondary N) is 2. The summed E-state index contributed by atoms with van der Waals surface area (Å²) in [6, 6.07) is 13.7. The van der Waals surface area contributed by atoms with Crippen molar-refractivity contribution in [2.24, 2.45) is 0 Å². The highest BCUT2D eigenvalue weighted by atomic mass is 16.5. The van der Waals surface area contributed by atoms with Crippen LogP contribution in [0.5, 0.6) is 11.5 Å². The van der Waals surface area contributed by atoms with E-state index in [1.165, 1.54) is 12.8 Å². The van der Waals surface area contributed by atoms with E-state index in [1.807, 2.05) is 0 Å². The summed E-state index contributed by atoms with van der Waals surface area (Å²) < 4.78 is 11.2. The normalized spacial score (nSPS) is 10.3. The third-order valence-corrected chi connectivity index (χ3v) is 4.56. The van der Waals surface area contributed by atoms with Crippen molar-refractivity contribution in [3.8, 4) is 11.5 Å². The van der Waals surface area contributed by atoms with Gasteiger partial charge >= 0.3 is 0 Å². The van der Waals surface area contributed by atoms with Crippen LogP contribution in [0.1, 0.15) is 73.1 Å². The Morgan fingerprint density at radius 2 is 1.07 bits per heavy atom. The van der Waals surface area contributed by atoms with Crippen molar-refractivity contribution >= 4 is 11.8 Å². The molecule has 0 spiro atoms. The molecule has 0 radical (unpaired) electrons. The molecule has 6 heteroatoms. The maximum Gasteiger partial charge on any atom is 0.269 e. The van der Waals surface area contributed by atoms with Crippen LogP contribution in [0.3, 0.4) is 0 Å². The highest BCUT2D eigenvalue weighted by Crippen LogP contribution is 2.14. The lowest BCUT2D eigenvalue weighted by atomic mass is 10.2. The standard InChI is InChI=1S/C24H32N2O4/c1-3-5-7-8-18-30-22-15-11-20(12-16-22)24(28)26-25-23(27)19-9-13-21(14-10-19)29-17-6-4-2/h9-16H,3-8,17-18H2,1-2H3,(H,25,27)(H,26,28). The molecule has 0 fully saturated rings. The fourth-order valence-electron chi connectivity index (χ4n) is 2.72. The van der Waals surface area contributed by atoms with E-state index < -0.39 is 11.8 Å². The molecule has 30 heavy (non-hydrogen) atoms. The highest BCUT2D eigenvalue weighted by molar-refractivity contribution is 5.99. The second kappa shape index (κ2) is 13.2. The molecule has 0 bridgehead atoms. The summed E-state index contributed by atoms with van der Waals surface area (Å²) in [6.45, 7) is 5.60. The molecule has 0 aliphatic carbocycles. The van der Waals surface area contributed by atoms with Gasteiger partial charge in [0, 0.05) is 11.1 Å². The molecule has 0 unspecified atom stereocenters. The van der Waals surface area contributed by atoms with Gasteiger partial charge in [0.05, 0.1) is 13.2 Å². The molecule has 0 atom stereocenters. The molecular weight excluding hydrogens is 380 g/mol. The molecule has 2 N–H and O–H groups in total. The molecule has 6 nitrogen and oxygen atoms in total. The maximum atomic E-state index is 12.2. The van der Waals surface area contributed by atoms with Gasteiger partial charge < -0.3 is 9.47 Å². The fourth-order valence-corrected chi connectivity index (χ4v) is 2.72. The average Bonchev–Trinajstić information content (AvgIpc) is 2.78. The monoisotopic (exact) mass is 412 g/mol. The number of amides is 2. The Morgan fingerprint density at radius 1 is 0.633 bits per heavy atom. The third-order valence-electron chi connectivity index (χ3n) is 4.56. The van der Waals surface area contributed by atoms with Crippen LogP contribution in [-0.2, 0) is 0 Å². The van der Waals surface area contributed by atoms with Crippen molar-refractivity contribution < 1.29 is 19.1 Å². The van der Waals surface area contributed by atoms with E-state index in [2.05, 4.69) is 24.7 Å². The molecule has 0 aromatic heterocycles. The van der Waals surface area contributed by atoms with Gasteiger partial charge in [-0.2, -0.15) is 0 Å². The van der Waals surface area contributed by atoms with E-state index in [1.54, 1.807) is 48.5 Å². The quantitative estimate of drug-likeness (QED) is 0.384. The smallest absolute Gasteiger partial charge is 0.269 e. The van der Waals surface area contributed by atoms with Crippen LogP contribution in [0.2, 0.25) is 0 Å². The van der Waals surface area contributed by atoms with Crippen LogP contribution in [0.25, 0.3) is 0 Å². The summed E-state index contributed by atoms with van der Waals surface area (Å²) >= 11 is 0. The van der Waals surface area contributed by atoms with Crippen LogP contribution in [0.15, 0.2) is 48.5 Å². The molecule has 0 saturated carbocycles. The van der Waals surface area contributed by atoms with Crippen LogP contribution in [0.4, 0.5) is 0 Å². The van der Waals surface area contributed by atoms with Gasteiger partial charge in [0.25, 0.3) is 11.8 Å². The van der Waals surface area contributed by atoms with E-state index in [0.29, 0.717) is 24.3 Å². The van der Waals surface area contributed by atoms with Crippen LogP contribution >= 0.6 is 0 Å². The Bertz CT molecular complexity index is 773. The van der Waals surface area contributed by atoms with Crippen LogP contribution in [-0.4, -0.2) is 25.0 Å². The first kappa shape index (κ1) is 23.3. The number of carbonyl (C=O) groups is 2. The van der Waals surface area contributed by atoms with Crippen molar-refractivity contribution in [2.45, 2.75) is 52.4 Å². The largest absolute Gasteiger partial charge is 0.494 e.